The van der Waals surface area contributed by atoms with Crippen LogP contribution in [0.15, 0.2) is 35.5 Å². The highest BCUT2D eigenvalue weighted by molar-refractivity contribution is 5.80. The van der Waals surface area contributed by atoms with E-state index in [4.69, 9.17) is 14.2 Å². The molecule has 2 aliphatic rings. The van der Waals surface area contributed by atoms with E-state index < -0.39 is 0 Å². The smallest absolute Gasteiger partial charge is 0.194 e. The Bertz CT molecular complexity index is 947. The second kappa shape index (κ2) is 10.1. The summed E-state index contributed by atoms with van der Waals surface area (Å²) in [7, 11) is 5.17. The van der Waals surface area contributed by atoms with E-state index in [2.05, 4.69) is 56.3 Å². The molecule has 0 saturated carbocycles. The summed E-state index contributed by atoms with van der Waals surface area (Å²) in [4.78, 5) is 13.7. The van der Waals surface area contributed by atoms with Crippen LogP contribution in [0.3, 0.4) is 0 Å². The van der Waals surface area contributed by atoms with E-state index in [-0.39, 0.29) is 6.10 Å². The van der Waals surface area contributed by atoms with Crippen LogP contribution in [0.25, 0.3) is 0 Å². The van der Waals surface area contributed by atoms with Crippen molar-refractivity contribution in [3.8, 4) is 11.5 Å². The number of morpholine rings is 1. The van der Waals surface area contributed by atoms with Crippen molar-refractivity contribution in [3.05, 3.63) is 47.2 Å². The number of hydrogen-bond acceptors (Lipinski definition) is 6. The number of nitrogens with one attached hydrogen (secondary N) is 1. The van der Waals surface area contributed by atoms with Gasteiger partial charge in [0.1, 0.15) is 5.82 Å². The summed E-state index contributed by atoms with van der Waals surface area (Å²) >= 11 is 0. The number of methoxy groups -OCH3 is 2. The molecule has 0 radical (unpaired) electrons. The lowest BCUT2D eigenvalue weighted by Gasteiger charge is -2.32. The molecule has 1 saturated heterocycles. The van der Waals surface area contributed by atoms with Gasteiger partial charge in [0, 0.05) is 46.0 Å². The number of aliphatic imine (C=N–C) groups is 1. The van der Waals surface area contributed by atoms with Gasteiger partial charge in [0.15, 0.2) is 17.5 Å². The number of pyridine rings is 1. The normalized spacial score (nSPS) is 18.9. The van der Waals surface area contributed by atoms with Gasteiger partial charge >= 0.3 is 0 Å². The fourth-order valence-corrected chi connectivity index (χ4v) is 4.31. The number of ether oxygens (including phenoxy) is 3. The van der Waals surface area contributed by atoms with Crippen molar-refractivity contribution in [2.24, 2.45) is 4.99 Å². The molecule has 1 fully saturated rings. The molecule has 1 N–H and O–H groups in total. The number of nitrogens with zero attached hydrogens (tertiary/aromatic N) is 4. The van der Waals surface area contributed by atoms with E-state index >= 15 is 0 Å². The van der Waals surface area contributed by atoms with Crippen LogP contribution in [0.1, 0.15) is 23.6 Å². The zero-order chi connectivity index (χ0) is 22.5. The maximum absolute atomic E-state index is 5.62. The SMILES string of the molecule is CN=C(NCc1ccc(N2CCOC(C)C2)nc1)N1CCc2cc(OC)c(OC)cc2C1. The van der Waals surface area contributed by atoms with Crippen molar-refractivity contribution < 1.29 is 14.2 Å². The van der Waals surface area contributed by atoms with Crippen LogP contribution < -0.4 is 19.7 Å². The van der Waals surface area contributed by atoms with Crippen LogP contribution in [0.5, 0.6) is 11.5 Å². The zero-order valence-electron chi connectivity index (χ0n) is 19.4. The number of fused-ring (bicyclic) bond motifs is 1. The van der Waals surface area contributed by atoms with Gasteiger partial charge < -0.3 is 29.3 Å². The first kappa shape index (κ1) is 22.2. The van der Waals surface area contributed by atoms with E-state index in [1.54, 1.807) is 14.2 Å². The van der Waals surface area contributed by atoms with Crippen LogP contribution in [0, 0.1) is 0 Å². The zero-order valence-corrected chi connectivity index (χ0v) is 19.4. The molecule has 0 bridgehead atoms. The number of guanidine groups is 1. The van der Waals surface area contributed by atoms with Gasteiger partial charge in [0.05, 0.1) is 26.9 Å². The quantitative estimate of drug-likeness (QED) is 0.567. The maximum atomic E-state index is 5.62. The lowest BCUT2D eigenvalue weighted by atomic mass is 9.99. The molecule has 2 aliphatic heterocycles. The van der Waals surface area contributed by atoms with Gasteiger partial charge in [-0.2, -0.15) is 0 Å². The van der Waals surface area contributed by atoms with Gasteiger partial charge in [-0.3, -0.25) is 4.99 Å². The molecule has 0 spiro atoms. The molecule has 3 heterocycles. The Morgan fingerprint density at radius 3 is 2.62 bits per heavy atom. The number of anilines is 1. The number of hydrogen-bond donors (Lipinski definition) is 1. The van der Waals surface area contributed by atoms with Crippen LogP contribution in [0.4, 0.5) is 5.82 Å². The van der Waals surface area contributed by atoms with Crippen molar-refractivity contribution in [2.45, 2.75) is 32.5 Å². The predicted molar refractivity (Wildman–Crippen MR) is 126 cm³/mol. The summed E-state index contributed by atoms with van der Waals surface area (Å²) in [5.41, 5.74) is 3.66. The molecule has 172 valence electrons. The fraction of sp³-hybridized carbons (Fsp3) is 0.500. The van der Waals surface area contributed by atoms with Crippen molar-refractivity contribution in [2.75, 3.05) is 52.4 Å². The topological polar surface area (TPSA) is 71.5 Å². The molecule has 32 heavy (non-hydrogen) atoms. The molecule has 1 aromatic heterocycles. The highest BCUT2D eigenvalue weighted by Gasteiger charge is 2.22. The van der Waals surface area contributed by atoms with Gasteiger partial charge in [0.2, 0.25) is 0 Å². The highest BCUT2D eigenvalue weighted by Crippen LogP contribution is 2.33. The molecule has 8 nitrogen and oxygen atoms in total. The molecule has 1 aromatic carbocycles. The molecule has 2 aromatic rings. The van der Waals surface area contributed by atoms with Crippen LogP contribution in [-0.4, -0.2) is 69.5 Å². The van der Waals surface area contributed by atoms with E-state index in [0.717, 1.165) is 68.0 Å². The largest absolute Gasteiger partial charge is 0.493 e. The standard InChI is InChI=1S/C24H33N5O3/c1-17-15-28(9-10-32-17)23-6-5-18(13-26-23)14-27-24(25-2)29-8-7-19-11-21(30-3)22(31-4)12-20(19)16-29/h5-6,11-13,17H,7-10,14-16H2,1-4H3,(H,25,27). The van der Waals surface area contributed by atoms with Crippen LogP contribution in [0.2, 0.25) is 0 Å². The summed E-state index contributed by atoms with van der Waals surface area (Å²) in [6.07, 6.45) is 3.12. The lowest BCUT2D eigenvalue weighted by Crippen LogP contribution is -2.43. The van der Waals surface area contributed by atoms with Crippen LogP contribution >= 0.6 is 0 Å². The third-order valence-corrected chi connectivity index (χ3v) is 6.05. The van der Waals surface area contributed by atoms with Crippen molar-refractivity contribution in [3.63, 3.8) is 0 Å². The summed E-state index contributed by atoms with van der Waals surface area (Å²) in [6.45, 7) is 6.96. The van der Waals surface area contributed by atoms with E-state index in [9.17, 15) is 0 Å². The molecule has 4 rings (SSSR count). The third kappa shape index (κ3) is 4.91. The average molecular weight is 440 g/mol. The first-order valence-corrected chi connectivity index (χ1v) is 11.1. The summed E-state index contributed by atoms with van der Waals surface area (Å²) in [6, 6.07) is 8.38. The van der Waals surface area contributed by atoms with Gasteiger partial charge in [-0.1, -0.05) is 6.07 Å². The Morgan fingerprint density at radius 1 is 1.19 bits per heavy atom. The second-order valence-electron chi connectivity index (χ2n) is 8.20. The van der Waals surface area contributed by atoms with Crippen molar-refractivity contribution in [1.82, 2.24) is 15.2 Å². The molecule has 1 atom stereocenters. The molecular weight excluding hydrogens is 406 g/mol. The summed E-state index contributed by atoms with van der Waals surface area (Å²) in [5, 5.41) is 3.49. The number of aromatic nitrogens is 1. The Morgan fingerprint density at radius 2 is 1.97 bits per heavy atom. The lowest BCUT2D eigenvalue weighted by molar-refractivity contribution is 0.0529. The Balaban J connectivity index is 1.37. The third-order valence-electron chi connectivity index (χ3n) is 6.05. The molecule has 1 unspecified atom stereocenters. The van der Waals surface area contributed by atoms with E-state index in [1.807, 2.05) is 13.2 Å². The second-order valence-corrected chi connectivity index (χ2v) is 8.20. The minimum Gasteiger partial charge on any atom is -0.493 e. The minimum absolute atomic E-state index is 0.242. The summed E-state index contributed by atoms with van der Waals surface area (Å²) < 4.78 is 16.6. The van der Waals surface area contributed by atoms with E-state index in [0.29, 0.717) is 6.54 Å². The van der Waals surface area contributed by atoms with E-state index in [1.165, 1.54) is 11.1 Å². The highest BCUT2D eigenvalue weighted by atomic mass is 16.5. The summed E-state index contributed by atoms with van der Waals surface area (Å²) in [5.74, 6) is 3.43. The minimum atomic E-state index is 0.242. The van der Waals surface area contributed by atoms with Crippen molar-refractivity contribution in [1.29, 1.82) is 0 Å². The van der Waals surface area contributed by atoms with Gasteiger partial charge in [-0.25, -0.2) is 4.98 Å². The maximum Gasteiger partial charge on any atom is 0.194 e. The Kier molecular flexibility index (Phi) is 6.99. The van der Waals surface area contributed by atoms with Gasteiger partial charge in [-0.05, 0) is 48.2 Å². The number of benzene rings is 1. The predicted octanol–water partition coefficient (Wildman–Crippen LogP) is 2.46. The first-order chi connectivity index (χ1) is 15.6. The Labute approximate surface area is 190 Å². The first-order valence-electron chi connectivity index (χ1n) is 11.1. The van der Waals surface area contributed by atoms with Gasteiger partial charge in [-0.15, -0.1) is 0 Å². The fourth-order valence-electron chi connectivity index (χ4n) is 4.31. The Hall–Kier alpha value is -3.00. The van der Waals surface area contributed by atoms with Crippen LogP contribution in [-0.2, 0) is 24.2 Å². The average Bonchev–Trinajstić information content (AvgIpc) is 2.83. The molecule has 8 heteroatoms. The number of rotatable bonds is 5. The molecule has 0 amide bonds. The molecular formula is C24H33N5O3. The van der Waals surface area contributed by atoms with Crippen molar-refractivity contribution >= 4 is 11.8 Å². The van der Waals surface area contributed by atoms with Gasteiger partial charge in [0.25, 0.3) is 0 Å². The molecule has 0 aliphatic carbocycles. The monoisotopic (exact) mass is 439 g/mol.